The molecule has 1 aromatic rings. The number of rotatable bonds is 2. The molecule has 0 fully saturated rings. The number of nitrogens with one attached hydrogen (secondary N) is 1. The molecule has 2 heteroatoms. The lowest BCUT2D eigenvalue weighted by Crippen LogP contribution is -2.13. The number of aromatic nitrogens is 1. The van der Waals surface area contributed by atoms with Gasteiger partial charge in [-0.15, -0.1) is 0 Å². The van der Waals surface area contributed by atoms with E-state index in [9.17, 15) is 0 Å². The lowest BCUT2D eigenvalue weighted by atomic mass is 10.2. The highest BCUT2D eigenvalue weighted by molar-refractivity contribution is 5.12. The molecule has 11 heavy (non-hydrogen) atoms. The van der Waals surface area contributed by atoms with E-state index in [1.54, 1.807) is 0 Å². The van der Waals surface area contributed by atoms with E-state index in [1.807, 2.05) is 32.2 Å². The van der Waals surface area contributed by atoms with Gasteiger partial charge in [0.25, 0.3) is 0 Å². The van der Waals surface area contributed by atoms with E-state index in [-0.39, 0.29) is 0 Å². The number of aryl methyl sites for hydroxylation is 1. The van der Waals surface area contributed by atoms with Gasteiger partial charge in [0.2, 0.25) is 0 Å². The van der Waals surface area contributed by atoms with Crippen molar-refractivity contribution >= 4 is 0 Å². The minimum Gasteiger partial charge on any atom is -0.312 e. The average Bonchev–Trinajstić information content (AvgIpc) is 2.03. The Bertz CT molecular complexity index is 233. The normalized spacial score (nSPS) is 13.0. The van der Waals surface area contributed by atoms with Gasteiger partial charge in [-0.2, -0.15) is 0 Å². The van der Waals surface area contributed by atoms with Crippen molar-refractivity contribution in [2.24, 2.45) is 0 Å². The van der Waals surface area contributed by atoms with Gasteiger partial charge in [0.1, 0.15) is 0 Å². The molecule has 1 atom stereocenters. The minimum atomic E-state index is 0.342. The van der Waals surface area contributed by atoms with Crippen LogP contribution in [0.3, 0.4) is 0 Å². The number of hydrogen-bond acceptors (Lipinski definition) is 2. The molecule has 1 N–H and O–H groups in total. The first-order chi connectivity index (χ1) is 5.24. The third-order valence-electron chi connectivity index (χ3n) is 1.79. The molecular formula is C9H14N2. The van der Waals surface area contributed by atoms with Crippen LogP contribution in [0.5, 0.6) is 0 Å². The first-order valence-electron chi connectivity index (χ1n) is 3.85. The van der Waals surface area contributed by atoms with Gasteiger partial charge < -0.3 is 5.32 Å². The van der Waals surface area contributed by atoms with Crippen molar-refractivity contribution in [2.45, 2.75) is 19.9 Å². The van der Waals surface area contributed by atoms with Crippen LogP contribution >= 0.6 is 0 Å². The van der Waals surface area contributed by atoms with E-state index >= 15 is 0 Å². The fraction of sp³-hybridized carbons (Fsp3) is 0.444. The van der Waals surface area contributed by atoms with Crippen LogP contribution in [0.1, 0.15) is 24.4 Å². The first-order valence-corrected chi connectivity index (χ1v) is 3.85. The van der Waals surface area contributed by atoms with E-state index in [1.165, 1.54) is 0 Å². The van der Waals surface area contributed by atoms with E-state index in [0.29, 0.717) is 6.04 Å². The molecule has 1 aromatic heterocycles. The van der Waals surface area contributed by atoms with Crippen LogP contribution in [-0.4, -0.2) is 12.0 Å². The predicted molar refractivity (Wildman–Crippen MR) is 46.4 cm³/mol. The zero-order valence-corrected chi connectivity index (χ0v) is 7.26. The largest absolute Gasteiger partial charge is 0.312 e. The average molecular weight is 150 g/mol. The lowest BCUT2D eigenvalue weighted by Gasteiger charge is -2.08. The molecule has 60 valence electrons. The third-order valence-corrected chi connectivity index (χ3v) is 1.79. The maximum Gasteiger partial charge on any atom is 0.0573 e. The number of hydrogen-bond donors (Lipinski definition) is 1. The zero-order chi connectivity index (χ0) is 8.27. The lowest BCUT2D eigenvalue weighted by molar-refractivity contribution is 0.631. The van der Waals surface area contributed by atoms with Crippen molar-refractivity contribution in [3.63, 3.8) is 0 Å². The number of nitrogens with zero attached hydrogens (tertiary/aromatic N) is 1. The van der Waals surface area contributed by atoms with Crippen LogP contribution in [0.15, 0.2) is 18.2 Å². The standard InChI is InChI=1S/C9H14N2/c1-7-5-4-6-9(11-7)8(2)10-3/h4-6,8,10H,1-3H3/t8-/m0/s1. The van der Waals surface area contributed by atoms with Crippen molar-refractivity contribution in [2.75, 3.05) is 7.05 Å². The third kappa shape index (κ3) is 2.02. The fourth-order valence-corrected chi connectivity index (χ4v) is 0.953. The summed E-state index contributed by atoms with van der Waals surface area (Å²) in [5.74, 6) is 0. The summed E-state index contributed by atoms with van der Waals surface area (Å²) in [7, 11) is 1.94. The van der Waals surface area contributed by atoms with E-state index in [0.717, 1.165) is 11.4 Å². The van der Waals surface area contributed by atoms with Crippen LogP contribution in [0.4, 0.5) is 0 Å². The zero-order valence-electron chi connectivity index (χ0n) is 7.26. The van der Waals surface area contributed by atoms with Crippen LogP contribution in [0.2, 0.25) is 0 Å². The maximum absolute atomic E-state index is 4.38. The summed E-state index contributed by atoms with van der Waals surface area (Å²) >= 11 is 0. The van der Waals surface area contributed by atoms with Crippen molar-refractivity contribution in [3.8, 4) is 0 Å². The quantitative estimate of drug-likeness (QED) is 0.693. The Hall–Kier alpha value is -0.890. The summed E-state index contributed by atoms with van der Waals surface area (Å²) in [6.07, 6.45) is 0. The smallest absolute Gasteiger partial charge is 0.0573 e. The van der Waals surface area contributed by atoms with Crippen LogP contribution in [-0.2, 0) is 0 Å². The molecule has 0 radical (unpaired) electrons. The summed E-state index contributed by atoms with van der Waals surface area (Å²) < 4.78 is 0. The second kappa shape index (κ2) is 3.49. The maximum atomic E-state index is 4.38. The molecule has 0 aliphatic carbocycles. The highest BCUT2D eigenvalue weighted by Gasteiger charge is 2.01. The molecule has 2 nitrogen and oxygen atoms in total. The Kier molecular flexibility index (Phi) is 2.60. The van der Waals surface area contributed by atoms with Crippen molar-refractivity contribution in [1.82, 2.24) is 10.3 Å². The molecule has 0 bridgehead atoms. The topological polar surface area (TPSA) is 24.9 Å². The Morgan fingerprint density at radius 2 is 2.18 bits per heavy atom. The van der Waals surface area contributed by atoms with Crippen LogP contribution < -0.4 is 5.32 Å². The molecule has 0 aliphatic heterocycles. The molecule has 0 amide bonds. The Labute approximate surface area is 67.7 Å². The molecule has 0 saturated heterocycles. The highest BCUT2D eigenvalue weighted by atomic mass is 14.9. The van der Waals surface area contributed by atoms with Gasteiger partial charge in [0.15, 0.2) is 0 Å². The summed E-state index contributed by atoms with van der Waals surface area (Å²) in [4.78, 5) is 4.38. The molecule has 0 aromatic carbocycles. The predicted octanol–water partition coefficient (Wildman–Crippen LogP) is 1.67. The van der Waals surface area contributed by atoms with E-state index in [4.69, 9.17) is 0 Å². The second-order valence-electron chi connectivity index (χ2n) is 2.71. The first kappa shape index (κ1) is 8.21. The van der Waals surface area contributed by atoms with Gasteiger partial charge in [-0.1, -0.05) is 6.07 Å². The van der Waals surface area contributed by atoms with Gasteiger partial charge in [-0.3, -0.25) is 4.98 Å². The summed E-state index contributed by atoms with van der Waals surface area (Å²) in [6.45, 7) is 4.10. The molecule has 0 spiro atoms. The van der Waals surface area contributed by atoms with Gasteiger partial charge >= 0.3 is 0 Å². The monoisotopic (exact) mass is 150 g/mol. The molecule has 1 heterocycles. The summed E-state index contributed by atoms with van der Waals surface area (Å²) in [5, 5.41) is 3.15. The summed E-state index contributed by atoms with van der Waals surface area (Å²) in [6, 6.07) is 6.42. The Morgan fingerprint density at radius 1 is 1.45 bits per heavy atom. The SMILES string of the molecule is CN[C@@H](C)c1cccc(C)n1. The van der Waals surface area contributed by atoms with Gasteiger partial charge in [-0.05, 0) is 33.0 Å². The summed E-state index contributed by atoms with van der Waals surface area (Å²) in [5.41, 5.74) is 2.18. The highest BCUT2D eigenvalue weighted by Crippen LogP contribution is 2.07. The molecular weight excluding hydrogens is 136 g/mol. The van der Waals surface area contributed by atoms with Gasteiger partial charge in [0, 0.05) is 11.7 Å². The van der Waals surface area contributed by atoms with Crippen LogP contribution in [0.25, 0.3) is 0 Å². The van der Waals surface area contributed by atoms with Crippen molar-refractivity contribution in [3.05, 3.63) is 29.6 Å². The minimum absolute atomic E-state index is 0.342. The molecule has 1 rings (SSSR count). The molecule has 0 saturated carbocycles. The second-order valence-corrected chi connectivity index (χ2v) is 2.71. The van der Waals surface area contributed by atoms with Gasteiger partial charge in [-0.25, -0.2) is 0 Å². The van der Waals surface area contributed by atoms with Crippen molar-refractivity contribution < 1.29 is 0 Å². The van der Waals surface area contributed by atoms with Gasteiger partial charge in [0.05, 0.1) is 5.69 Å². The Balaban J connectivity index is 2.86. The molecule has 0 unspecified atom stereocenters. The number of pyridine rings is 1. The van der Waals surface area contributed by atoms with Crippen molar-refractivity contribution in [1.29, 1.82) is 0 Å². The van der Waals surface area contributed by atoms with E-state index in [2.05, 4.69) is 17.2 Å². The molecule has 0 aliphatic rings. The van der Waals surface area contributed by atoms with Crippen LogP contribution in [0, 0.1) is 6.92 Å². The fourth-order valence-electron chi connectivity index (χ4n) is 0.953. The van der Waals surface area contributed by atoms with E-state index < -0.39 is 0 Å². The Morgan fingerprint density at radius 3 is 2.73 bits per heavy atom.